The number of methoxy groups -OCH3 is 1. The van der Waals surface area contributed by atoms with Crippen molar-refractivity contribution in [1.82, 2.24) is 19.9 Å². The minimum Gasteiger partial charge on any atom is -0.481 e. The quantitative estimate of drug-likeness (QED) is 0.876. The SMILES string of the molecule is CCNc1nccc(N2CCN(c3nccc(OC)n3)CC2)n1. The molecular weight excluding hydrogens is 294 g/mol. The number of rotatable bonds is 5. The van der Waals surface area contributed by atoms with Gasteiger partial charge in [0, 0.05) is 51.2 Å². The Morgan fingerprint density at radius 3 is 2.52 bits per heavy atom. The van der Waals surface area contributed by atoms with Gasteiger partial charge in [-0.2, -0.15) is 9.97 Å². The monoisotopic (exact) mass is 315 g/mol. The highest BCUT2D eigenvalue weighted by Gasteiger charge is 2.20. The van der Waals surface area contributed by atoms with Gasteiger partial charge < -0.3 is 19.9 Å². The van der Waals surface area contributed by atoms with E-state index < -0.39 is 0 Å². The van der Waals surface area contributed by atoms with Crippen LogP contribution in [-0.4, -0.2) is 59.8 Å². The molecule has 0 unspecified atom stereocenters. The van der Waals surface area contributed by atoms with Gasteiger partial charge in [-0.25, -0.2) is 9.97 Å². The number of nitrogens with zero attached hydrogens (tertiary/aromatic N) is 6. The Morgan fingerprint density at radius 1 is 1.04 bits per heavy atom. The van der Waals surface area contributed by atoms with Gasteiger partial charge in [0.1, 0.15) is 5.82 Å². The summed E-state index contributed by atoms with van der Waals surface area (Å²) in [6, 6.07) is 3.70. The Kier molecular flexibility index (Phi) is 4.70. The first-order chi connectivity index (χ1) is 11.3. The van der Waals surface area contributed by atoms with Crippen LogP contribution in [-0.2, 0) is 0 Å². The lowest BCUT2D eigenvalue weighted by Crippen LogP contribution is -2.47. The number of hydrogen-bond acceptors (Lipinski definition) is 8. The Bertz CT molecular complexity index is 643. The highest BCUT2D eigenvalue weighted by Crippen LogP contribution is 2.18. The molecule has 0 aliphatic carbocycles. The lowest BCUT2D eigenvalue weighted by Gasteiger charge is -2.35. The molecule has 1 saturated heterocycles. The molecule has 3 heterocycles. The predicted molar refractivity (Wildman–Crippen MR) is 89.2 cm³/mol. The Labute approximate surface area is 135 Å². The summed E-state index contributed by atoms with van der Waals surface area (Å²) >= 11 is 0. The summed E-state index contributed by atoms with van der Waals surface area (Å²) in [5.74, 6) is 2.91. The third kappa shape index (κ3) is 3.58. The van der Waals surface area contributed by atoms with Crippen molar-refractivity contribution < 1.29 is 4.74 Å². The van der Waals surface area contributed by atoms with E-state index in [0.29, 0.717) is 17.8 Å². The molecule has 2 aromatic heterocycles. The van der Waals surface area contributed by atoms with E-state index in [1.54, 1.807) is 25.6 Å². The van der Waals surface area contributed by atoms with Crippen molar-refractivity contribution in [3.05, 3.63) is 24.5 Å². The molecule has 8 heteroatoms. The number of hydrogen-bond donors (Lipinski definition) is 1. The summed E-state index contributed by atoms with van der Waals surface area (Å²) in [6.07, 6.45) is 3.51. The molecule has 1 fully saturated rings. The lowest BCUT2D eigenvalue weighted by atomic mass is 10.3. The van der Waals surface area contributed by atoms with E-state index in [1.165, 1.54) is 0 Å². The maximum atomic E-state index is 5.16. The second kappa shape index (κ2) is 7.08. The summed E-state index contributed by atoms with van der Waals surface area (Å²) in [6.45, 7) is 6.25. The summed E-state index contributed by atoms with van der Waals surface area (Å²) in [5, 5.41) is 3.14. The molecule has 3 rings (SSSR count). The van der Waals surface area contributed by atoms with Crippen molar-refractivity contribution in [1.29, 1.82) is 0 Å². The van der Waals surface area contributed by atoms with Crippen molar-refractivity contribution in [2.24, 2.45) is 0 Å². The van der Waals surface area contributed by atoms with Gasteiger partial charge in [0.2, 0.25) is 17.8 Å². The summed E-state index contributed by atoms with van der Waals surface area (Å²) in [4.78, 5) is 21.9. The van der Waals surface area contributed by atoms with Crippen LogP contribution in [0.2, 0.25) is 0 Å². The van der Waals surface area contributed by atoms with Crippen LogP contribution >= 0.6 is 0 Å². The third-order valence-electron chi connectivity index (χ3n) is 3.69. The zero-order chi connectivity index (χ0) is 16.1. The first-order valence-electron chi connectivity index (χ1n) is 7.74. The van der Waals surface area contributed by atoms with Crippen molar-refractivity contribution >= 4 is 17.7 Å². The van der Waals surface area contributed by atoms with Crippen LogP contribution in [0.25, 0.3) is 0 Å². The first kappa shape index (κ1) is 15.3. The van der Waals surface area contributed by atoms with E-state index in [9.17, 15) is 0 Å². The molecule has 0 aromatic carbocycles. The molecule has 1 aliphatic heterocycles. The highest BCUT2D eigenvalue weighted by molar-refractivity contribution is 5.45. The largest absolute Gasteiger partial charge is 0.481 e. The molecule has 122 valence electrons. The Hall–Kier alpha value is -2.64. The highest BCUT2D eigenvalue weighted by atomic mass is 16.5. The van der Waals surface area contributed by atoms with Crippen LogP contribution < -0.4 is 19.9 Å². The average molecular weight is 315 g/mol. The van der Waals surface area contributed by atoms with Gasteiger partial charge >= 0.3 is 0 Å². The lowest BCUT2D eigenvalue weighted by molar-refractivity contribution is 0.396. The summed E-state index contributed by atoms with van der Waals surface area (Å²) in [5.41, 5.74) is 0. The molecular formula is C15H21N7O. The molecule has 8 nitrogen and oxygen atoms in total. The molecule has 1 N–H and O–H groups in total. The van der Waals surface area contributed by atoms with Crippen LogP contribution in [0.1, 0.15) is 6.92 Å². The zero-order valence-corrected chi connectivity index (χ0v) is 13.4. The smallest absolute Gasteiger partial charge is 0.228 e. The molecule has 2 aromatic rings. The van der Waals surface area contributed by atoms with Gasteiger partial charge in [0.05, 0.1) is 7.11 Å². The first-order valence-corrected chi connectivity index (χ1v) is 7.74. The second-order valence-electron chi connectivity index (χ2n) is 5.14. The van der Waals surface area contributed by atoms with Crippen LogP contribution in [0, 0.1) is 0 Å². The minimum absolute atomic E-state index is 0.587. The van der Waals surface area contributed by atoms with Crippen LogP contribution in [0.4, 0.5) is 17.7 Å². The van der Waals surface area contributed by atoms with Gasteiger partial charge in [-0.3, -0.25) is 0 Å². The Balaban J connectivity index is 1.65. The number of aromatic nitrogens is 4. The molecule has 0 atom stereocenters. The number of anilines is 3. The normalized spacial score (nSPS) is 14.7. The van der Waals surface area contributed by atoms with Crippen LogP contribution in [0.3, 0.4) is 0 Å². The molecule has 0 bridgehead atoms. The van der Waals surface area contributed by atoms with Crippen molar-refractivity contribution in [2.45, 2.75) is 6.92 Å². The van der Waals surface area contributed by atoms with E-state index in [-0.39, 0.29) is 0 Å². The van der Waals surface area contributed by atoms with Gasteiger partial charge in [-0.15, -0.1) is 0 Å². The Morgan fingerprint density at radius 2 is 1.78 bits per heavy atom. The number of nitrogens with one attached hydrogen (secondary N) is 1. The standard InChI is InChI=1S/C15H21N7O/c1-3-16-14-17-6-4-12(19-14)21-8-10-22(11-9-21)15-18-7-5-13(20-15)23-2/h4-7H,3,8-11H2,1-2H3,(H,16,17,19). The maximum absolute atomic E-state index is 5.16. The zero-order valence-electron chi connectivity index (χ0n) is 13.4. The van der Waals surface area contributed by atoms with Gasteiger partial charge in [-0.05, 0) is 13.0 Å². The number of ether oxygens (including phenoxy) is 1. The maximum Gasteiger partial charge on any atom is 0.228 e. The molecule has 0 radical (unpaired) electrons. The van der Waals surface area contributed by atoms with Crippen molar-refractivity contribution in [3.8, 4) is 5.88 Å². The van der Waals surface area contributed by atoms with Gasteiger partial charge in [-0.1, -0.05) is 0 Å². The van der Waals surface area contributed by atoms with E-state index in [1.807, 2.05) is 13.0 Å². The second-order valence-corrected chi connectivity index (χ2v) is 5.14. The topological polar surface area (TPSA) is 79.3 Å². The van der Waals surface area contributed by atoms with Crippen LogP contribution in [0.5, 0.6) is 5.88 Å². The molecule has 0 amide bonds. The molecule has 23 heavy (non-hydrogen) atoms. The molecule has 0 spiro atoms. The fourth-order valence-electron chi connectivity index (χ4n) is 2.50. The van der Waals surface area contributed by atoms with E-state index >= 15 is 0 Å². The van der Waals surface area contributed by atoms with Crippen molar-refractivity contribution in [3.63, 3.8) is 0 Å². The van der Waals surface area contributed by atoms with E-state index in [2.05, 4.69) is 35.1 Å². The van der Waals surface area contributed by atoms with Gasteiger partial charge in [0.25, 0.3) is 0 Å². The fourth-order valence-corrected chi connectivity index (χ4v) is 2.50. The van der Waals surface area contributed by atoms with E-state index in [0.717, 1.165) is 38.5 Å². The van der Waals surface area contributed by atoms with E-state index in [4.69, 9.17) is 4.74 Å². The molecule has 0 saturated carbocycles. The summed E-state index contributed by atoms with van der Waals surface area (Å²) < 4.78 is 5.16. The average Bonchev–Trinajstić information content (AvgIpc) is 2.62. The number of piperazine rings is 1. The van der Waals surface area contributed by atoms with Crippen molar-refractivity contribution in [2.75, 3.05) is 55.0 Å². The van der Waals surface area contributed by atoms with Crippen LogP contribution in [0.15, 0.2) is 24.5 Å². The minimum atomic E-state index is 0.587. The summed E-state index contributed by atoms with van der Waals surface area (Å²) in [7, 11) is 1.61. The van der Waals surface area contributed by atoms with Gasteiger partial charge in [0.15, 0.2) is 0 Å². The molecule has 1 aliphatic rings. The fraction of sp³-hybridized carbons (Fsp3) is 0.467. The predicted octanol–water partition coefficient (Wildman–Crippen LogP) is 1.03. The third-order valence-corrected chi connectivity index (χ3v) is 3.69.